The maximum Gasteiger partial charge on any atom is 0.417 e. The molecule has 102 valence electrons. The van der Waals surface area contributed by atoms with Crippen LogP contribution in [0.2, 0.25) is 5.02 Å². The number of alkyl halides is 3. The third kappa shape index (κ3) is 3.18. The highest BCUT2D eigenvalue weighted by molar-refractivity contribution is 6.31. The zero-order chi connectivity index (χ0) is 14.0. The molecular formula is C14H13ClF3N. The maximum absolute atomic E-state index is 13.1. The standard InChI is InChI=1S/C14H13ClF3N/c1-2-3-4-10-8-12(14(16,17)18)11-7-9(15)5-6-13(11)19-10/h5-8H,2-4H2,1H3. The molecule has 1 nitrogen and oxygen atoms in total. The van der Waals surface area contributed by atoms with E-state index >= 15 is 0 Å². The van der Waals surface area contributed by atoms with Crippen LogP contribution in [0.5, 0.6) is 0 Å². The predicted molar refractivity (Wildman–Crippen MR) is 70.4 cm³/mol. The third-order valence-electron chi connectivity index (χ3n) is 2.92. The van der Waals surface area contributed by atoms with Gasteiger partial charge in [-0.2, -0.15) is 13.2 Å². The summed E-state index contributed by atoms with van der Waals surface area (Å²) in [5.74, 6) is 0. The van der Waals surface area contributed by atoms with Crippen molar-refractivity contribution in [2.45, 2.75) is 32.4 Å². The molecule has 0 bridgehead atoms. The van der Waals surface area contributed by atoms with E-state index in [1.54, 1.807) is 6.07 Å². The number of aromatic nitrogens is 1. The Morgan fingerprint density at radius 3 is 2.58 bits per heavy atom. The molecule has 0 aliphatic rings. The molecule has 1 aromatic heterocycles. The van der Waals surface area contributed by atoms with E-state index in [0.717, 1.165) is 18.9 Å². The number of hydrogen-bond acceptors (Lipinski definition) is 1. The fraction of sp³-hybridized carbons (Fsp3) is 0.357. The minimum atomic E-state index is -4.40. The smallest absolute Gasteiger partial charge is 0.253 e. The number of benzene rings is 1. The lowest BCUT2D eigenvalue weighted by Crippen LogP contribution is -2.08. The molecule has 0 unspecified atom stereocenters. The highest BCUT2D eigenvalue weighted by atomic mass is 35.5. The van der Waals surface area contributed by atoms with Crippen LogP contribution >= 0.6 is 11.6 Å². The third-order valence-corrected chi connectivity index (χ3v) is 3.15. The fourth-order valence-electron chi connectivity index (χ4n) is 1.97. The van der Waals surface area contributed by atoms with Crippen molar-refractivity contribution < 1.29 is 13.2 Å². The number of unbranched alkanes of at least 4 members (excludes halogenated alkanes) is 1. The molecule has 0 saturated carbocycles. The number of pyridine rings is 1. The first kappa shape index (κ1) is 14.1. The summed E-state index contributed by atoms with van der Waals surface area (Å²) >= 11 is 5.77. The van der Waals surface area contributed by atoms with Crippen molar-refractivity contribution >= 4 is 22.5 Å². The minimum Gasteiger partial charge on any atom is -0.253 e. The first-order chi connectivity index (χ1) is 8.91. The largest absolute Gasteiger partial charge is 0.417 e. The summed E-state index contributed by atoms with van der Waals surface area (Å²) in [6, 6.07) is 5.54. The van der Waals surface area contributed by atoms with Crippen molar-refractivity contribution in [3.63, 3.8) is 0 Å². The highest BCUT2D eigenvalue weighted by Crippen LogP contribution is 2.35. The van der Waals surface area contributed by atoms with Gasteiger partial charge in [0.15, 0.2) is 0 Å². The lowest BCUT2D eigenvalue weighted by atomic mass is 10.0. The van der Waals surface area contributed by atoms with E-state index in [1.807, 2.05) is 6.92 Å². The van der Waals surface area contributed by atoms with E-state index in [0.29, 0.717) is 17.6 Å². The molecule has 0 atom stereocenters. The Bertz CT molecular complexity index is 593. The van der Waals surface area contributed by atoms with Gasteiger partial charge in [-0.25, -0.2) is 0 Å². The predicted octanol–water partition coefficient (Wildman–Crippen LogP) is 5.25. The monoisotopic (exact) mass is 287 g/mol. The number of fused-ring (bicyclic) bond motifs is 1. The zero-order valence-electron chi connectivity index (χ0n) is 10.4. The Labute approximate surface area is 114 Å². The fourth-order valence-corrected chi connectivity index (χ4v) is 2.15. The lowest BCUT2D eigenvalue weighted by molar-refractivity contribution is -0.136. The minimum absolute atomic E-state index is 0.0558. The summed E-state index contributed by atoms with van der Waals surface area (Å²) in [6.45, 7) is 1.99. The summed E-state index contributed by atoms with van der Waals surface area (Å²) in [5, 5.41) is 0.335. The van der Waals surface area contributed by atoms with Crippen LogP contribution in [0.4, 0.5) is 13.2 Å². The van der Waals surface area contributed by atoms with Gasteiger partial charge in [-0.1, -0.05) is 24.9 Å². The molecule has 1 heterocycles. The van der Waals surface area contributed by atoms with Gasteiger partial charge in [-0.3, -0.25) is 4.98 Å². The van der Waals surface area contributed by atoms with Crippen molar-refractivity contribution in [1.82, 2.24) is 4.98 Å². The molecule has 0 radical (unpaired) electrons. The van der Waals surface area contributed by atoms with E-state index in [-0.39, 0.29) is 10.4 Å². The van der Waals surface area contributed by atoms with Crippen LogP contribution < -0.4 is 0 Å². The van der Waals surface area contributed by atoms with E-state index in [9.17, 15) is 13.2 Å². The highest BCUT2D eigenvalue weighted by Gasteiger charge is 2.33. The molecule has 2 rings (SSSR count). The average Bonchev–Trinajstić information content (AvgIpc) is 2.34. The van der Waals surface area contributed by atoms with Crippen LogP contribution in [-0.2, 0) is 12.6 Å². The van der Waals surface area contributed by atoms with E-state index in [1.165, 1.54) is 12.1 Å². The van der Waals surface area contributed by atoms with Crippen LogP contribution in [0, 0.1) is 0 Å². The van der Waals surface area contributed by atoms with Crippen LogP contribution in [-0.4, -0.2) is 4.98 Å². The van der Waals surface area contributed by atoms with E-state index in [2.05, 4.69) is 4.98 Å². The van der Waals surface area contributed by atoms with Gasteiger partial charge >= 0.3 is 6.18 Å². The second kappa shape index (κ2) is 5.37. The molecule has 19 heavy (non-hydrogen) atoms. The molecule has 0 saturated heterocycles. The summed E-state index contributed by atoms with van der Waals surface area (Å²) < 4.78 is 39.2. The molecule has 0 aliphatic carbocycles. The molecule has 1 aromatic carbocycles. The average molecular weight is 288 g/mol. The number of halogens is 4. The normalized spacial score (nSPS) is 12.1. The van der Waals surface area contributed by atoms with Crippen molar-refractivity contribution in [3.8, 4) is 0 Å². The molecule has 0 fully saturated rings. The van der Waals surface area contributed by atoms with Crippen LogP contribution in [0.25, 0.3) is 10.9 Å². The topological polar surface area (TPSA) is 12.9 Å². The van der Waals surface area contributed by atoms with Gasteiger partial charge in [-0.05, 0) is 37.1 Å². The second-order valence-corrected chi connectivity index (χ2v) is 4.86. The SMILES string of the molecule is CCCCc1cc(C(F)(F)F)c2cc(Cl)ccc2n1. The van der Waals surface area contributed by atoms with Crippen molar-refractivity contribution in [1.29, 1.82) is 0 Å². The van der Waals surface area contributed by atoms with Crippen LogP contribution in [0.3, 0.4) is 0 Å². The summed E-state index contributed by atoms with van der Waals surface area (Å²) in [4.78, 5) is 4.27. The number of hydrogen-bond donors (Lipinski definition) is 0. The van der Waals surface area contributed by atoms with E-state index < -0.39 is 11.7 Å². The summed E-state index contributed by atoms with van der Waals surface area (Å²) in [6.07, 6.45) is -2.10. The number of rotatable bonds is 3. The van der Waals surface area contributed by atoms with Gasteiger partial charge in [0.25, 0.3) is 0 Å². The first-order valence-corrected chi connectivity index (χ1v) is 6.46. The van der Waals surface area contributed by atoms with E-state index in [4.69, 9.17) is 11.6 Å². The Morgan fingerprint density at radius 1 is 1.21 bits per heavy atom. The molecular weight excluding hydrogens is 275 g/mol. The molecule has 2 aromatic rings. The van der Waals surface area contributed by atoms with Crippen molar-refractivity contribution in [2.24, 2.45) is 0 Å². The van der Waals surface area contributed by atoms with Crippen LogP contribution in [0.15, 0.2) is 24.3 Å². The van der Waals surface area contributed by atoms with Gasteiger partial charge in [0.05, 0.1) is 11.1 Å². The van der Waals surface area contributed by atoms with Crippen molar-refractivity contribution in [2.75, 3.05) is 0 Å². The quantitative estimate of drug-likeness (QED) is 0.751. The second-order valence-electron chi connectivity index (χ2n) is 4.42. The Hall–Kier alpha value is -1.29. The zero-order valence-corrected chi connectivity index (χ0v) is 11.1. The number of aryl methyl sites for hydroxylation is 1. The Morgan fingerprint density at radius 2 is 1.95 bits per heavy atom. The van der Waals surface area contributed by atoms with Crippen LogP contribution in [0.1, 0.15) is 31.0 Å². The van der Waals surface area contributed by atoms with Gasteiger partial charge in [0.2, 0.25) is 0 Å². The first-order valence-electron chi connectivity index (χ1n) is 6.08. The lowest BCUT2D eigenvalue weighted by Gasteiger charge is -2.12. The molecule has 0 amide bonds. The summed E-state index contributed by atoms with van der Waals surface area (Å²) in [5.41, 5.74) is 0.153. The van der Waals surface area contributed by atoms with Crippen molar-refractivity contribution in [3.05, 3.63) is 40.5 Å². The van der Waals surface area contributed by atoms with Gasteiger partial charge in [-0.15, -0.1) is 0 Å². The molecule has 5 heteroatoms. The Kier molecular flexibility index (Phi) is 3.99. The number of nitrogens with zero attached hydrogens (tertiary/aromatic N) is 1. The van der Waals surface area contributed by atoms with Gasteiger partial charge in [0, 0.05) is 16.1 Å². The van der Waals surface area contributed by atoms with Gasteiger partial charge < -0.3 is 0 Å². The molecule has 0 spiro atoms. The summed E-state index contributed by atoms with van der Waals surface area (Å²) in [7, 11) is 0. The van der Waals surface area contributed by atoms with Gasteiger partial charge in [0.1, 0.15) is 0 Å². The molecule has 0 N–H and O–H groups in total. The molecule has 0 aliphatic heterocycles. The Balaban J connectivity index is 2.62. The maximum atomic E-state index is 13.1.